The molecule has 2 aromatic rings. The average molecular weight is 318 g/mol. The van der Waals surface area contributed by atoms with Crippen LogP contribution in [-0.2, 0) is 12.8 Å². The molecule has 0 amide bonds. The zero-order valence-corrected chi connectivity index (χ0v) is 12.3. The molecule has 2 aliphatic rings. The number of aromatic amines is 1. The van der Waals surface area contributed by atoms with E-state index in [9.17, 15) is 0 Å². The summed E-state index contributed by atoms with van der Waals surface area (Å²) in [7, 11) is 0. The number of nitrogens with zero attached hydrogens (tertiary/aromatic N) is 1. The van der Waals surface area contributed by atoms with Gasteiger partial charge in [-0.05, 0) is 37.1 Å². The highest BCUT2D eigenvalue weighted by Crippen LogP contribution is 2.36. The minimum Gasteiger partial charge on any atom is -0.345 e. The van der Waals surface area contributed by atoms with Crippen LogP contribution in [0, 0.1) is 0 Å². The molecule has 1 fully saturated rings. The Kier molecular flexibility index (Phi) is 2.74. The molecule has 2 N–H and O–H groups in total. The molecule has 4 heteroatoms. The Labute approximate surface area is 121 Å². The number of nitrogens with one attached hydrogen (secondary N) is 2. The highest BCUT2D eigenvalue weighted by Gasteiger charge is 2.24. The molecule has 1 atom stereocenters. The van der Waals surface area contributed by atoms with Gasteiger partial charge in [-0.15, -0.1) is 0 Å². The fourth-order valence-corrected chi connectivity index (χ4v) is 3.61. The summed E-state index contributed by atoms with van der Waals surface area (Å²) < 4.78 is 1.15. The lowest BCUT2D eigenvalue weighted by atomic mass is 10.1. The molecule has 1 aromatic heterocycles. The molecular formula is C15H16BrN3. The van der Waals surface area contributed by atoms with Gasteiger partial charge in [0.25, 0.3) is 0 Å². The average Bonchev–Trinajstić information content (AvgIpc) is 3.05. The van der Waals surface area contributed by atoms with E-state index in [0.717, 1.165) is 35.4 Å². The van der Waals surface area contributed by atoms with Crippen molar-refractivity contribution in [1.82, 2.24) is 15.3 Å². The smallest absolute Gasteiger partial charge is 0.108 e. The van der Waals surface area contributed by atoms with E-state index in [1.807, 2.05) is 0 Å². The Morgan fingerprint density at radius 3 is 3.16 bits per heavy atom. The molecule has 98 valence electrons. The lowest BCUT2D eigenvalue weighted by Gasteiger charge is -2.07. The van der Waals surface area contributed by atoms with Gasteiger partial charge in [-0.25, -0.2) is 4.98 Å². The number of benzene rings is 1. The number of imidazole rings is 1. The van der Waals surface area contributed by atoms with Crippen LogP contribution in [0.4, 0.5) is 0 Å². The maximum absolute atomic E-state index is 4.81. The summed E-state index contributed by atoms with van der Waals surface area (Å²) in [5, 5.41) is 3.53. The van der Waals surface area contributed by atoms with E-state index in [0.29, 0.717) is 6.04 Å². The normalized spacial score (nSPS) is 20.6. The Bertz CT molecular complexity index is 626. The van der Waals surface area contributed by atoms with Crippen LogP contribution in [0.2, 0.25) is 0 Å². The van der Waals surface area contributed by atoms with Gasteiger partial charge >= 0.3 is 0 Å². The molecular weight excluding hydrogens is 302 g/mol. The lowest BCUT2D eigenvalue weighted by Crippen LogP contribution is -2.24. The molecule has 1 aromatic carbocycles. The van der Waals surface area contributed by atoms with E-state index < -0.39 is 0 Å². The fraction of sp³-hybridized carbons (Fsp3) is 0.400. The van der Waals surface area contributed by atoms with Gasteiger partial charge in [-0.2, -0.15) is 0 Å². The molecule has 1 aliphatic heterocycles. The Balaban J connectivity index is 1.63. The topological polar surface area (TPSA) is 40.7 Å². The standard InChI is InChI=1S/C15H16BrN3/c16-10-3-4-12-9(6-10)7-13-15(12)19-14(18-13)8-11-2-1-5-17-11/h3-4,6,11,17H,1-2,5,7-8H2,(H,18,19). The molecule has 1 aliphatic carbocycles. The molecule has 1 saturated heterocycles. The molecule has 1 unspecified atom stereocenters. The van der Waals surface area contributed by atoms with E-state index >= 15 is 0 Å². The van der Waals surface area contributed by atoms with E-state index in [1.54, 1.807) is 0 Å². The molecule has 0 saturated carbocycles. The highest BCUT2D eigenvalue weighted by atomic mass is 79.9. The zero-order valence-electron chi connectivity index (χ0n) is 10.7. The highest BCUT2D eigenvalue weighted by molar-refractivity contribution is 9.10. The van der Waals surface area contributed by atoms with Crippen molar-refractivity contribution in [1.29, 1.82) is 0 Å². The molecule has 2 heterocycles. The van der Waals surface area contributed by atoms with Gasteiger partial charge < -0.3 is 10.3 Å². The quantitative estimate of drug-likeness (QED) is 0.762. The van der Waals surface area contributed by atoms with Gasteiger partial charge in [0, 0.05) is 34.6 Å². The third kappa shape index (κ3) is 2.03. The minimum absolute atomic E-state index is 0.607. The summed E-state index contributed by atoms with van der Waals surface area (Å²) in [4.78, 5) is 8.33. The Hall–Kier alpha value is -1.13. The molecule has 0 bridgehead atoms. The van der Waals surface area contributed by atoms with Crippen LogP contribution >= 0.6 is 15.9 Å². The number of fused-ring (bicyclic) bond motifs is 3. The first-order valence-corrected chi connectivity index (χ1v) is 7.69. The monoisotopic (exact) mass is 317 g/mol. The van der Waals surface area contributed by atoms with Crippen LogP contribution in [0.1, 0.15) is 29.9 Å². The fourth-order valence-electron chi connectivity index (χ4n) is 3.21. The van der Waals surface area contributed by atoms with E-state index in [-0.39, 0.29) is 0 Å². The molecule has 4 rings (SSSR count). The van der Waals surface area contributed by atoms with Crippen LogP contribution in [0.3, 0.4) is 0 Å². The Morgan fingerprint density at radius 2 is 2.32 bits per heavy atom. The van der Waals surface area contributed by atoms with Crippen LogP contribution in [0.15, 0.2) is 22.7 Å². The molecule has 0 radical (unpaired) electrons. The van der Waals surface area contributed by atoms with Crippen molar-refractivity contribution in [2.45, 2.75) is 31.7 Å². The number of halogens is 1. The van der Waals surface area contributed by atoms with Gasteiger partial charge in [0.2, 0.25) is 0 Å². The summed E-state index contributed by atoms with van der Waals surface area (Å²) in [6.07, 6.45) is 4.57. The molecule has 19 heavy (non-hydrogen) atoms. The summed E-state index contributed by atoms with van der Waals surface area (Å²) in [5.74, 6) is 1.14. The third-order valence-corrected chi connectivity index (χ3v) is 4.61. The second-order valence-electron chi connectivity index (χ2n) is 5.49. The number of hydrogen-bond donors (Lipinski definition) is 2. The van der Waals surface area contributed by atoms with Crippen molar-refractivity contribution < 1.29 is 0 Å². The SMILES string of the molecule is Brc1ccc2c(c1)Cc1[nH]c(CC3CCCN3)nc1-2. The number of hydrogen-bond acceptors (Lipinski definition) is 2. The number of rotatable bonds is 2. The van der Waals surface area contributed by atoms with Crippen molar-refractivity contribution in [2.75, 3.05) is 6.54 Å². The van der Waals surface area contributed by atoms with Gasteiger partial charge in [0.05, 0.1) is 5.69 Å². The predicted octanol–water partition coefficient (Wildman–Crippen LogP) is 3.04. The Morgan fingerprint density at radius 1 is 1.37 bits per heavy atom. The number of aromatic nitrogens is 2. The van der Waals surface area contributed by atoms with Gasteiger partial charge in [0.1, 0.15) is 5.82 Å². The first-order chi connectivity index (χ1) is 9.29. The van der Waals surface area contributed by atoms with Gasteiger partial charge in [0.15, 0.2) is 0 Å². The van der Waals surface area contributed by atoms with Crippen molar-refractivity contribution in [2.24, 2.45) is 0 Å². The van der Waals surface area contributed by atoms with Crippen LogP contribution in [0.25, 0.3) is 11.3 Å². The summed E-state index contributed by atoms with van der Waals surface area (Å²) in [6.45, 7) is 1.15. The summed E-state index contributed by atoms with van der Waals surface area (Å²) in [5.41, 5.74) is 5.10. The predicted molar refractivity (Wildman–Crippen MR) is 79.3 cm³/mol. The third-order valence-electron chi connectivity index (χ3n) is 4.12. The van der Waals surface area contributed by atoms with E-state index in [4.69, 9.17) is 4.98 Å². The van der Waals surface area contributed by atoms with E-state index in [1.165, 1.54) is 29.7 Å². The largest absolute Gasteiger partial charge is 0.345 e. The van der Waals surface area contributed by atoms with Crippen molar-refractivity contribution >= 4 is 15.9 Å². The molecule has 0 spiro atoms. The summed E-state index contributed by atoms with van der Waals surface area (Å²) in [6, 6.07) is 7.07. The second-order valence-corrected chi connectivity index (χ2v) is 6.40. The minimum atomic E-state index is 0.607. The first kappa shape index (κ1) is 11.7. The summed E-state index contributed by atoms with van der Waals surface area (Å²) >= 11 is 3.53. The van der Waals surface area contributed by atoms with Crippen molar-refractivity contribution in [3.63, 3.8) is 0 Å². The maximum Gasteiger partial charge on any atom is 0.108 e. The maximum atomic E-state index is 4.81. The van der Waals surface area contributed by atoms with Crippen LogP contribution < -0.4 is 5.32 Å². The van der Waals surface area contributed by atoms with Gasteiger partial charge in [-0.3, -0.25) is 0 Å². The van der Waals surface area contributed by atoms with Crippen molar-refractivity contribution in [3.8, 4) is 11.3 Å². The van der Waals surface area contributed by atoms with Crippen LogP contribution in [-0.4, -0.2) is 22.6 Å². The zero-order chi connectivity index (χ0) is 12.8. The lowest BCUT2D eigenvalue weighted by molar-refractivity contribution is 0.588. The molecule has 3 nitrogen and oxygen atoms in total. The first-order valence-electron chi connectivity index (χ1n) is 6.89. The van der Waals surface area contributed by atoms with Crippen LogP contribution in [0.5, 0.6) is 0 Å². The van der Waals surface area contributed by atoms with Gasteiger partial charge in [-0.1, -0.05) is 22.0 Å². The van der Waals surface area contributed by atoms with E-state index in [2.05, 4.69) is 44.4 Å². The van der Waals surface area contributed by atoms with Crippen molar-refractivity contribution in [3.05, 3.63) is 39.8 Å². The second kappa shape index (κ2) is 4.46. The number of H-pyrrole nitrogens is 1.